The molecular weight excluding hydrogens is 268 g/mol. The SMILES string of the molecule is C[C@H](NC(=O)COC(=O)c1ccccn1)c1ccccc1. The lowest BCUT2D eigenvalue weighted by atomic mass is 10.1. The molecule has 21 heavy (non-hydrogen) atoms. The maximum Gasteiger partial charge on any atom is 0.357 e. The van der Waals surface area contributed by atoms with E-state index in [0.717, 1.165) is 5.56 Å². The minimum Gasteiger partial charge on any atom is -0.451 e. The Balaban J connectivity index is 1.81. The Labute approximate surface area is 123 Å². The smallest absolute Gasteiger partial charge is 0.357 e. The summed E-state index contributed by atoms with van der Waals surface area (Å²) in [6.45, 7) is 1.54. The molecule has 0 aliphatic rings. The topological polar surface area (TPSA) is 68.3 Å². The van der Waals surface area contributed by atoms with E-state index in [0.29, 0.717) is 0 Å². The number of hydrogen-bond donors (Lipinski definition) is 1. The minimum atomic E-state index is -0.613. The zero-order chi connectivity index (χ0) is 15.1. The van der Waals surface area contributed by atoms with E-state index >= 15 is 0 Å². The van der Waals surface area contributed by atoms with Gasteiger partial charge >= 0.3 is 5.97 Å². The first-order valence-electron chi connectivity index (χ1n) is 6.59. The molecule has 0 saturated carbocycles. The van der Waals surface area contributed by atoms with Crippen LogP contribution in [-0.4, -0.2) is 23.5 Å². The van der Waals surface area contributed by atoms with Crippen molar-refractivity contribution in [1.29, 1.82) is 0 Å². The molecule has 0 fully saturated rings. The second kappa shape index (κ2) is 7.19. The maximum atomic E-state index is 11.8. The van der Waals surface area contributed by atoms with Gasteiger partial charge in [-0.05, 0) is 24.6 Å². The second-order valence-corrected chi connectivity index (χ2v) is 4.49. The number of carbonyl (C=O) groups excluding carboxylic acids is 2. The molecular formula is C16H16N2O3. The van der Waals surface area contributed by atoms with Crippen LogP contribution in [0.2, 0.25) is 0 Å². The first-order valence-corrected chi connectivity index (χ1v) is 6.59. The Hall–Kier alpha value is -2.69. The summed E-state index contributed by atoms with van der Waals surface area (Å²) < 4.78 is 4.91. The van der Waals surface area contributed by atoms with Gasteiger partial charge in [0.25, 0.3) is 5.91 Å². The Morgan fingerprint density at radius 2 is 1.86 bits per heavy atom. The number of rotatable bonds is 5. The van der Waals surface area contributed by atoms with Crippen LogP contribution in [0, 0.1) is 0 Å². The fourth-order valence-electron chi connectivity index (χ4n) is 1.80. The molecule has 1 atom stereocenters. The summed E-state index contributed by atoms with van der Waals surface area (Å²) >= 11 is 0. The predicted octanol–water partition coefficient (Wildman–Crippen LogP) is 2.12. The summed E-state index contributed by atoms with van der Waals surface area (Å²) in [6.07, 6.45) is 1.49. The third-order valence-electron chi connectivity index (χ3n) is 2.89. The van der Waals surface area contributed by atoms with Gasteiger partial charge in [-0.1, -0.05) is 36.4 Å². The van der Waals surface area contributed by atoms with Crippen molar-refractivity contribution in [3.05, 3.63) is 66.0 Å². The molecule has 1 heterocycles. The van der Waals surface area contributed by atoms with Gasteiger partial charge in [0, 0.05) is 6.20 Å². The van der Waals surface area contributed by atoms with Crippen LogP contribution in [0.15, 0.2) is 54.7 Å². The molecule has 2 rings (SSSR count). The lowest BCUT2D eigenvalue weighted by Gasteiger charge is -2.14. The standard InChI is InChI=1S/C16H16N2O3/c1-12(13-7-3-2-4-8-13)18-15(19)11-21-16(20)14-9-5-6-10-17-14/h2-10,12H,11H2,1H3,(H,18,19)/t12-/m0/s1. The molecule has 5 heteroatoms. The highest BCUT2D eigenvalue weighted by molar-refractivity contribution is 5.89. The molecule has 0 unspecified atom stereocenters. The summed E-state index contributed by atoms with van der Waals surface area (Å²) in [5.41, 5.74) is 1.17. The number of nitrogens with zero attached hydrogens (tertiary/aromatic N) is 1. The van der Waals surface area contributed by atoms with Crippen LogP contribution < -0.4 is 5.32 Å². The number of amides is 1. The van der Waals surface area contributed by atoms with Gasteiger partial charge in [0.15, 0.2) is 6.61 Å². The lowest BCUT2D eigenvalue weighted by molar-refractivity contribution is -0.124. The van der Waals surface area contributed by atoms with Crippen molar-refractivity contribution in [2.45, 2.75) is 13.0 Å². The van der Waals surface area contributed by atoms with E-state index in [1.165, 1.54) is 12.3 Å². The number of benzene rings is 1. The number of esters is 1. The van der Waals surface area contributed by atoms with Crippen molar-refractivity contribution < 1.29 is 14.3 Å². The molecule has 1 N–H and O–H groups in total. The van der Waals surface area contributed by atoms with Crippen molar-refractivity contribution >= 4 is 11.9 Å². The number of nitrogens with one attached hydrogen (secondary N) is 1. The first kappa shape index (κ1) is 14.7. The predicted molar refractivity (Wildman–Crippen MR) is 77.5 cm³/mol. The minimum absolute atomic E-state index is 0.146. The lowest BCUT2D eigenvalue weighted by Crippen LogP contribution is -2.31. The van der Waals surface area contributed by atoms with Gasteiger partial charge < -0.3 is 10.1 Å². The molecule has 0 radical (unpaired) electrons. The van der Waals surface area contributed by atoms with Gasteiger partial charge in [-0.25, -0.2) is 9.78 Å². The van der Waals surface area contributed by atoms with Crippen molar-refractivity contribution in [2.24, 2.45) is 0 Å². The Morgan fingerprint density at radius 1 is 1.14 bits per heavy atom. The van der Waals surface area contributed by atoms with Gasteiger partial charge in [0.2, 0.25) is 0 Å². The van der Waals surface area contributed by atoms with Crippen LogP contribution >= 0.6 is 0 Å². The normalized spacial score (nSPS) is 11.5. The Kier molecular flexibility index (Phi) is 5.04. The quantitative estimate of drug-likeness (QED) is 0.854. The number of carbonyl (C=O) groups is 2. The van der Waals surface area contributed by atoms with Crippen LogP contribution in [0.25, 0.3) is 0 Å². The van der Waals surface area contributed by atoms with Crippen LogP contribution in [0.1, 0.15) is 29.0 Å². The van der Waals surface area contributed by atoms with E-state index in [1.54, 1.807) is 12.1 Å². The van der Waals surface area contributed by atoms with E-state index in [9.17, 15) is 9.59 Å². The van der Waals surface area contributed by atoms with Crippen molar-refractivity contribution in [3.8, 4) is 0 Å². The zero-order valence-corrected chi connectivity index (χ0v) is 11.7. The number of ether oxygens (including phenoxy) is 1. The summed E-state index contributed by atoms with van der Waals surface area (Å²) in [4.78, 5) is 27.3. The third-order valence-corrected chi connectivity index (χ3v) is 2.89. The van der Waals surface area contributed by atoms with E-state index < -0.39 is 5.97 Å². The van der Waals surface area contributed by atoms with Crippen molar-refractivity contribution in [1.82, 2.24) is 10.3 Å². The average Bonchev–Trinajstić information content (AvgIpc) is 2.54. The van der Waals surface area contributed by atoms with Crippen molar-refractivity contribution in [3.63, 3.8) is 0 Å². The fraction of sp³-hybridized carbons (Fsp3) is 0.188. The average molecular weight is 284 g/mol. The summed E-state index contributed by atoms with van der Waals surface area (Å²) in [5.74, 6) is -0.964. The molecule has 1 aromatic carbocycles. The number of pyridine rings is 1. The van der Waals surface area contributed by atoms with Gasteiger partial charge in [-0.3, -0.25) is 4.79 Å². The number of aromatic nitrogens is 1. The molecule has 0 aliphatic heterocycles. The molecule has 2 aromatic rings. The second-order valence-electron chi connectivity index (χ2n) is 4.49. The van der Waals surface area contributed by atoms with E-state index in [-0.39, 0.29) is 24.2 Å². The largest absolute Gasteiger partial charge is 0.451 e. The van der Waals surface area contributed by atoms with Crippen LogP contribution in [0.5, 0.6) is 0 Å². The van der Waals surface area contributed by atoms with Gasteiger partial charge in [0.1, 0.15) is 5.69 Å². The molecule has 1 aromatic heterocycles. The Bertz CT molecular complexity index is 599. The van der Waals surface area contributed by atoms with E-state index in [1.807, 2.05) is 37.3 Å². The van der Waals surface area contributed by atoms with Gasteiger partial charge in [-0.15, -0.1) is 0 Å². The van der Waals surface area contributed by atoms with E-state index in [2.05, 4.69) is 10.3 Å². The highest BCUT2D eigenvalue weighted by atomic mass is 16.5. The monoisotopic (exact) mass is 284 g/mol. The zero-order valence-electron chi connectivity index (χ0n) is 11.7. The molecule has 5 nitrogen and oxygen atoms in total. The fourth-order valence-corrected chi connectivity index (χ4v) is 1.80. The molecule has 0 aliphatic carbocycles. The van der Waals surface area contributed by atoms with Gasteiger partial charge in [0.05, 0.1) is 6.04 Å². The first-order chi connectivity index (χ1) is 10.2. The number of hydrogen-bond acceptors (Lipinski definition) is 4. The summed E-state index contributed by atoms with van der Waals surface area (Å²) in [6, 6.07) is 14.3. The summed E-state index contributed by atoms with van der Waals surface area (Å²) in [7, 11) is 0. The van der Waals surface area contributed by atoms with Crippen molar-refractivity contribution in [2.75, 3.05) is 6.61 Å². The van der Waals surface area contributed by atoms with Crippen LogP contribution in [-0.2, 0) is 9.53 Å². The van der Waals surface area contributed by atoms with E-state index in [4.69, 9.17) is 4.74 Å². The maximum absolute atomic E-state index is 11.8. The Morgan fingerprint density at radius 3 is 2.52 bits per heavy atom. The molecule has 0 bridgehead atoms. The van der Waals surface area contributed by atoms with Crippen LogP contribution in [0.3, 0.4) is 0 Å². The molecule has 0 spiro atoms. The summed E-state index contributed by atoms with van der Waals surface area (Å²) in [5, 5.41) is 2.77. The molecule has 0 saturated heterocycles. The molecule has 108 valence electrons. The molecule has 1 amide bonds. The third kappa shape index (κ3) is 4.42. The van der Waals surface area contributed by atoms with Gasteiger partial charge in [-0.2, -0.15) is 0 Å². The highest BCUT2D eigenvalue weighted by Crippen LogP contribution is 2.10. The highest BCUT2D eigenvalue weighted by Gasteiger charge is 2.13. The van der Waals surface area contributed by atoms with Crippen LogP contribution in [0.4, 0.5) is 0 Å².